The van der Waals surface area contributed by atoms with E-state index in [9.17, 15) is 9.59 Å². The molecule has 7 nitrogen and oxygen atoms in total. The molecule has 0 unspecified atom stereocenters. The van der Waals surface area contributed by atoms with E-state index in [2.05, 4.69) is 34.3 Å². The van der Waals surface area contributed by atoms with Crippen LogP contribution in [0.2, 0.25) is 0 Å². The number of anilines is 1. The van der Waals surface area contributed by atoms with E-state index < -0.39 is 0 Å². The molecular formula is C26H31N5O2S. The molecule has 1 heterocycles. The Morgan fingerprint density at radius 2 is 1.94 bits per heavy atom. The summed E-state index contributed by atoms with van der Waals surface area (Å²) in [6.07, 6.45) is 2.58. The zero-order valence-electron chi connectivity index (χ0n) is 20.1. The number of hydrogen-bond acceptors (Lipinski definition) is 5. The topological polar surface area (TPSA) is 88.9 Å². The van der Waals surface area contributed by atoms with Gasteiger partial charge in [0.2, 0.25) is 5.91 Å². The third-order valence-corrected chi connectivity index (χ3v) is 6.38. The Kier molecular flexibility index (Phi) is 8.65. The number of hydrogen-bond donors (Lipinski definition) is 2. The van der Waals surface area contributed by atoms with Crippen LogP contribution in [0.15, 0.2) is 60.3 Å². The summed E-state index contributed by atoms with van der Waals surface area (Å²) in [6, 6.07) is 13.1. The fourth-order valence-corrected chi connectivity index (χ4v) is 4.42. The molecule has 0 saturated carbocycles. The van der Waals surface area contributed by atoms with Crippen LogP contribution in [0.3, 0.4) is 0 Å². The van der Waals surface area contributed by atoms with Crippen LogP contribution in [0.4, 0.5) is 5.69 Å². The molecule has 0 aliphatic heterocycles. The predicted molar refractivity (Wildman–Crippen MR) is 137 cm³/mol. The minimum Gasteiger partial charge on any atom is -0.342 e. The molecule has 0 fully saturated rings. The van der Waals surface area contributed by atoms with Gasteiger partial charge in [-0.1, -0.05) is 60.7 Å². The van der Waals surface area contributed by atoms with Gasteiger partial charge in [-0.05, 0) is 50.5 Å². The number of aromatic nitrogens is 3. The summed E-state index contributed by atoms with van der Waals surface area (Å²) in [5.41, 5.74) is 4.62. The van der Waals surface area contributed by atoms with Crippen molar-refractivity contribution < 1.29 is 9.59 Å². The molecule has 0 bridgehead atoms. The first-order chi connectivity index (χ1) is 16.3. The molecule has 3 aromatic rings. The highest BCUT2D eigenvalue weighted by atomic mass is 32.2. The normalized spacial score (nSPS) is 11.6. The van der Waals surface area contributed by atoms with Crippen LogP contribution in [-0.4, -0.2) is 32.3 Å². The molecular weight excluding hydrogens is 446 g/mol. The molecule has 2 aromatic carbocycles. The number of aryl methyl sites for hydroxylation is 3. The second kappa shape index (κ2) is 11.7. The molecule has 2 amide bonds. The van der Waals surface area contributed by atoms with Gasteiger partial charge in [0.05, 0.1) is 11.8 Å². The number of nitrogens with zero attached hydrogens (tertiary/aromatic N) is 3. The minimum atomic E-state index is -0.372. The molecule has 8 heteroatoms. The van der Waals surface area contributed by atoms with Crippen molar-refractivity contribution in [2.75, 3.05) is 11.1 Å². The summed E-state index contributed by atoms with van der Waals surface area (Å²) in [5.74, 6) is 0.514. The van der Waals surface area contributed by atoms with E-state index in [1.54, 1.807) is 12.1 Å². The van der Waals surface area contributed by atoms with Crippen LogP contribution in [0.1, 0.15) is 52.8 Å². The first kappa shape index (κ1) is 25.2. The van der Waals surface area contributed by atoms with Crippen molar-refractivity contribution in [1.29, 1.82) is 0 Å². The Hall–Kier alpha value is -3.39. The summed E-state index contributed by atoms with van der Waals surface area (Å²) in [6.45, 7) is 12.2. The molecule has 0 aliphatic rings. The standard InChI is InChI=1S/C26H31N5O2S/c1-6-14-31-24(19(5)27-25(33)21-13-8-10-17(3)15-21)29-30-26(31)34-16-22(32)28-23-18(4)11-9-12-20(23)7-2/h6,8-13,15,19H,1,7,14,16H2,2-5H3,(H,27,33)(H,28,32)/t19-/m1/s1. The largest absolute Gasteiger partial charge is 0.342 e. The smallest absolute Gasteiger partial charge is 0.251 e. The van der Waals surface area contributed by atoms with Gasteiger partial charge in [0, 0.05) is 17.8 Å². The Labute approximate surface area is 205 Å². The lowest BCUT2D eigenvalue weighted by Gasteiger charge is -2.16. The van der Waals surface area contributed by atoms with Gasteiger partial charge in [-0.15, -0.1) is 16.8 Å². The number of carbonyl (C=O) groups is 2. The number of amides is 2. The highest BCUT2D eigenvalue weighted by Crippen LogP contribution is 2.24. The molecule has 3 rings (SSSR count). The average Bonchev–Trinajstić information content (AvgIpc) is 3.22. The number of nitrogens with one attached hydrogen (secondary N) is 2. The van der Waals surface area contributed by atoms with Crippen LogP contribution in [0.25, 0.3) is 0 Å². The molecule has 1 aromatic heterocycles. The van der Waals surface area contributed by atoms with Gasteiger partial charge >= 0.3 is 0 Å². The molecule has 34 heavy (non-hydrogen) atoms. The fourth-order valence-electron chi connectivity index (χ4n) is 3.67. The van der Waals surface area contributed by atoms with Gasteiger partial charge in [0.25, 0.3) is 5.91 Å². The first-order valence-electron chi connectivity index (χ1n) is 11.3. The minimum absolute atomic E-state index is 0.107. The first-order valence-corrected chi connectivity index (χ1v) is 12.2. The molecule has 0 radical (unpaired) electrons. The Balaban J connectivity index is 1.69. The molecule has 0 spiro atoms. The van der Waals surface area contributed by atoms with Crippen molar-refractivity contribution in [2.45, 2.75) is 51.9 Å². The average molecular weight is 478 g/mol. The van der Waals surface area contributed by atoms with Gasteiger partial charge in [-0.2, -0.15) is 0 Å². The maximum Gasteiger partial charge on any atom is 0.251 e. The molecule has 2 N–H and O–H groups in total. The van der Waals surface area contributed by atoms with Crippen LogP contribution >= 0.6 is 11.8 Å². The number of para-hydroxylation sites is 1. The van der Waals surface area contributed by atoms with E-state index in [0.717, 1.165) is 28.8 Å². The summed E-state index contributed by atoms with van der Waals surface area (Å²) < 4.78 is 1.87. The predicted octanol–water partition coefficient (Wildman–Crippen LogP) is 4.87. The summed E-state index contributed by atoms with van der Waals surface area (Å²) >= 11 is 1.31. The van der Waals surface area contributed by atoms with Crippen molar-refractivity contribution in [2.24, 2.45) is 0 Å². The third kappa shape index (κ3) is 6.14. The SMILES string of the molecule is C=CCn1c(SCC(=O)Nc2c(C)cccc2CC)nnc1[C@@H](C)NC(=O)c1cccc(C)c1. The summed E-state index contributed by atoms with van der Waals surface area (Å²) in [5, 5.41) is 15.2. The van der Waals surface area contributed by atoms with Crippen molar-refractivity contribution in [3.8, 4) is 0 Å². The maximum absolute atomic E-state index is 12.7. The van der Waals surface area contributed by atoms with E-state index in [-0.39, 0.29) is 23.6 Å². The third-order valence-electron chi connectivity index (χ3n) is 5.41. The van der Waals surface area contributed by atoms with E-state index in [4.69, 9.17) is 0 Å². The maximum atomic E-state index is 12.7. The fraction of sp³-hybridized carbons (Fsp3) is 0.308. The van der Waals surface area contributed by atoms with Gasteiger partial charge < -0.3 is 15.2 Å². The second-order valence-electron chi connectivity index (χ2n) is 8.10. The summed E-state index contributed by atoms with van der Waals surface area (Å²) in [4.78, 5) is 25.4. The lowest BCUT2D eigenvalue weighted by atomic mass is 10.1. The van der Waals surface area contributed by atoms with E-state index in [1.165, 1.54) is 11.8 Å². The zero-order chi connectivity index (χ0) is 24.7. The summed E-state index contributed by atoms with van der Waals surface area (Å²) in [7, 11) is 0. The molecule has 0 aliphatic carbocycles. The van der Waals surface area contributed by atoms with Crippen molar-refractivity contribution >= 4 is 29.3 Å². The van der Waals surface area contributed by atoms with Gasteiger partial charge in [0.15, 0.2) is 11.0 Å². The van der Waals surface area contributed by atoms with Gasteiger partial charge in [-0.25, -0.2) is 0 Å². The lowest BCUT2D eigenvalue weighted by Crippen LogP contribution is -2.29. The number of benzene rings is 2. The molecule has 1 atom stereocenters. The van der Waals surface area contributed by atoms with Crippen LogP contribution in [-0.2, 0) is 17.8 Å². The number of thioether (sulfide) groups is 1. The lowest BCUT2D eigenvalue weighted by molar-refractivity contribution is -0.113. The highest BCUT2D eigenvalue weighted by Gasteiger charge is 2.21. The van der Waals surface area contributed by atoms with Crippen molar-refractivity contribution in [3.05, 3.63) is 83.2 Å². The zero-order valence-corrected chi connectivity index (χ0v) is 20.9. The highest BCUT2D eigenvalue weighted by molar-refractivity contribution is 7.99. The Morgan fingerprint density at radius 1 is 1.18 bits per heavy atom. The van der Waals surface area contributed by atoms with Gasteiger partial charge in [-0.3, -0.25) is 9.59 Å². The van der Waals surface area contributed by atoms with Crippen molar-refractivity contribution in [3.63, 3.8) is 0 Å². The van der Waals surface area contributed by atoms with Crippen LogP contribution in [0, 0.1) is 13.8 Å². The number of allylic oxidation sites excluding steroid dienone is 1. The molecule has 0 saturated heterocycles. The van der Waals surface area contributed by atoms with E-state index >= 15 is 0 Å². The van der Waals surface area contributed by atoms with Crippen LogP contribution < -0.4 is 10.6 Å². The number of carbonyl (C=O) groups excluding carboxylic acids is 2. The second-order valence-corrected chi connectivity index (χ2v) is 9.05. The van der Waals surface area contributed by atoms with E-state index in [1.807, 2.05) is 61.7 Å². The Bertz CT molecular complexity index is 1190. The van der Waals surface area contributed by atoms with E-state index in [0.29, 0.717) is 23.1 Å². The Morgan fingerprint density at radius 3 is 2.65 bits per heavy atom. The van der Waals surface area contributed by atoms with Crippen molar-refractivity contribution in [1.82, 2.24) is 20.1 Å². The quantitative estimate of drug-likeness (QED) is 0.321. The monoisotopic (exact) mass is 477 g/mol. The van der Waals surface area contributed by atoms with Crippen LogP contribution in [0.5, 0.6) is 0 Å². The van der Waals surface area contributed by atoms with Gasteiger partial charge in [0.1, 0.15) is 0 Å². The number of rotatable bonds is 10. The molecule has 178 valence electrons.